The Kier molecular flexibility index (Phi) is 5.72. The summed E-state index contributed by atoms with van der Waals surface area (Å²) in [7, 11) is 4.64. The van der Waals surface area contributed by atoms with E-state index >= 15 is 0 Å². The number of nitrogens with zero attached hydrogens (tertiary/aromatic N) is 2. The van der Waals surface area contributed by atoms with E-state index < -0.39 is 0 Å². The first kappa shape index (κ1) is 18.5. The molecule has 2 heterocycles. The van der Waals surface area contributed by atoms with E-state index in [1.807, 2.05) is 11.4 Å². The second-order valence-electron chi connectivity index (χ2n) is 5.27. The van der Waals surface area contributed by atoms with Crippen molar-refractivity contribution in [1.82, 2.24) is 10.2 Å². The van der Waals surface area contributed by atoms with Crippen LogP contribution >= 0.6 is 11.3 Å². The predicted molar refractivity (Wildman–Crippen MR) is 104 cm³/mol. The van der Waals surface area contributed by atoms with Crippen molar-refractivity contribution >= 4 is 34.6 Å². The predicted octanol–water partition coefficient (Wildman–Crippen LogP) is 3.56. The van der Waals surface area contributed by atoms with Gasteiger partial charge in [0.25, 0.3) is 5.91 Å². The Hall–Kier alpha value is -3.33. The smallest absolute Gasteiger partial charge is 0.266 e. The first-order valence-corrected chi connectivity index (χ1v) is 8.78. The summed E-state index contributed by atoms with van der Waals surface area (Å²) in [4.78, 5) is 12.6. The van der Waals surface area contributed by atoms with Crippen molar-refractivity contribution in [3.05, 3.63) is 46.7 Å². The highest BCUT2D eigenvalue weighted by molar-refractivity contribution is 7.12. The molecule has 3 aromatic rings. The maximum Gasteiger partial charge on any atom is 0.266 e. The minimum atomic E-state index is -0.218. The summed E-state index contributed by atoms with van der Waals surface area (Å²) in [6, 6.07) is 10.5. The lowest BCUT2D eigenvalue weighted by molar-refractivity contribution is 0.103. The van der Waals surface area contributed by atoms with E-state index in [1.165, 1.54) is 11.3 Å². The number of methoxy groups -OCH3 is 3. The molecule has 0 atom stereocenters. The zero-order valence-electron chi connectivity index (χ0n) is 15.0. The lowest BCUT2D eigenvalue weighted by Gasteiger charge is -2.14. The molecule has 3 rings (SSSR count). The Morgan fingerprint density at radius 1 is 0.963 bits per heavy atom. The second kappa shape index (κ2) is 8.37. The van der Waals surface area contributed by atoms with E-state index in [0.29, 0.717) is 39.4 Å². The minimum Gasteiger partial charge on any atom is -0.493 e. The number of nitrogens with one attached hydrogen (secondary N) is 2. The Morgan fingerprint density at radius 3 is 2.15 bits per heavy atom. The highest BCUT2D eigenvalue weighted by Gasteiger charge is 2.14. The highest BCUT2D eigenvalue weighted by atomic mass is 32.1. The van der Waals surface area contributed by atoms with Crippen LogP contribution in [0.2, 0.25) is 0 Å². The molecule has 0 spiro atoms. The van der Waals surface area contributed by atoms with Gasteiger partial charge < -0.3 is 24.8 Å². The average Bonchev–Trinajstić information content (AvgIpc) is 3.23. The van der Waals surface area contributed by atoms with Gasteiger partial charge in [-0.05, 0) is 23.6 Å². The van der Waals surface area contributed by atoms with Crippen LogP contribution in [-0.2, 0) is 0 Å². The van der Waals surface area contributed by atoms with Crippen molar-refractivity contribution < 1.29 is 19.0 Å². The van der Waals surface area contributed by atoms with E-state index in [4.69, 9.17) is 14.2 Å². The molecule has 0 fully saturated rings. The van der Waals surface area contributed by atoms with E-state index in [0.717, 1.165) is 0 Å². The van der Waals surface area contributed by atoms with Crippen molar-refractivity contribution in [3.63, 3.8) is 0 Å². The Balaban J connectivity index is 1.74. The van der Waals surface area contributed by atoms with Crippen LogP contribution in [0.25, 0.3) is 0 Å². The van der Waals surface area contributed by atoms with Gasteiger partial charge in [-0.25, -0.2) is 0 Å². The summed E-state index contributed by atoms with van der Waals surface area (Å²) in [5, 5.41) is 15.7. The number of hydrogen-bond acceptors (Lipinski definition) is 8. The molecule has 0 saturated carbocycles. The minimum absolute atomic E-state index is 0.218. The summed E-state index contributed by atoms with van der Waals surface area (Å²) in [6.07, 6.45) is 0. The fourth-order valence-electron chi connectivity index (χ4n) is 2.35. The lowest BCUT2D eigenvalue weighted by Crippen LogP contribution is -2.12. The number of amides is 1. The number of thiophene rings is 1. The molecule has 1 amide bonds. The third kappa shape index (κ3) is 4.26. The molecule has 1 aromatic carbocycles. The quantitative estimate of drug-likeness (QED) is 0.641. The van der Waals surface area contributed by atoms with Gasteiger partial charge in [-0.2, -0.15) is 0 Å². The van der Waals surface area contributed by atoms with Crippen LogP contribution in [-0.4, -0.2) is 37.4 Å². The monoisotopic (exact) mass is 386 g/mol. The molecule has 2 N–H and O–H groups in total. The fraction of sp³-hybridized carbons (Fsp3) is 0.167. The van der Waals surface area contributed by atoms with Crippen molar-refractivity contribution in [2.45, 2.75) is 0 Å². The maximum absolute atomic E-state index is 12.0. The van der Waals surface area contributed by atoms with Crippen molar-refractivity contribution in [1.29, 1.82) is 0 Å². The number of benzene rings is 1. The first-order valence-electron chi connectivity index (χ1n) is 7.90. The molecule has 0 bridgehead atoms. The van der Waals surface area contributed by atoms with Gasteiger partial charge in [0.05, 0.1) is 26.2 Å². The van der Waals surface area contributed by atoms with Crippen molar-refractivity contribution in [3.8, 4) is 17.2 Å². The molecule has 27 heavy (non-hydrogen) atoms. The number of anilines is 3. The van der Waals surface area contributed by atoms with Gasteiger partial charge in [-0.3, -0.25) is 4.79 Å². The van der Waals surface area contributed by atoms with Crippen LogP contribution in [0.1, 0.15) is 9.67 Å². The Bertz CT molecular complexity index is 889. The van der Waals surface area contributed by atoms with Crippen LogP contribution in [0, 0.1) is 0 Å². The molecular formula is C18H18N4O4S. The zero-order chi connectivity index (χ0) is 19.2. The van der Waals surface area contributed by atoms with Gasteiger partial charge in [-0.15, -0.1) is 21.5 Å². The van der Waals surface area contributed by atoms with Crippen molar-refractivity contribution in [2.24, 2.45) is 0 Å². The van der Waals surface area contributed by atoms with Gasteiger partial charge in [0.2, 0.25) is 5.75 Å². The summed E-state index contributed by atoms with van der Waals surface area (Å²) in [5.41, 5.74) is 0.689. The molecule has 2 aromatic heterocycles. The summed E-state index contributed by atoms with van der Waals surface area (Å²) in [5.74, 6) is 2.19. The molecule has 0 aliphatic heterocycles. The zero-order valence-corrected chi connectivity index (χ0v) is 15.8. The largest absolute Gasteiger partial charge is 0.493 e. The van der Waals surface area contributed by atoms with Crippen molar-refractivity contribution in [2.75, 3.05) is 32.0 Å². The SMILES string of the molecule is COc1cc(Nc2ccc(NC(=O)c3cccs3)nn2)cc(OC)c1OC. The van der Waals surface area contributed by atoms with Gasteiger partial charge in [-0.1, -0.05) is 6.07 Å². The third-order valence-electron chi connectivity index (χ3n) is 3.59. The van der Waals surface area contributed by atoms with Crippen LogP contribution in [0.3, 0.4) is 0 Å². The van der Waals surface area contributed by atoms with E-state index in [2.05, 4.69) is 20.8 Å². The molecule has 0 unspecified atom stereocenters. The molecule has 9 heteroatoms. The molecule has 0 saturated heterocycles. The van der Waals surface area contributed by atoms with Crippen LogP contribution in [0.4, 0.5) is 17.3 Å². The summed E-state index contributed by atoms with van der Waals surface area (Å²) < 4.78 is 16.0. The molecule has 140 valence electrons. The molecule has 0 aliphatic rings. The standard InChI is InChI=1S/C18H18N4O4S/c1-24-12-9-11(10-13(25-2)17(12)26-3)19-15-6-7-16(22-21-15)20-18(23)14-5-4-8-27-14/h4-10H,1-3H3,(H,19,21)(H,20,22,23). The molecular weight excluding hydrogens is 368 g/mol. The van der Waals surface area contributed by atoms with Crippen LogP contribution in [0.5, 0.6) is 17.2 Å². The molecule has 0 radical (unpaired) electrons. The fourth-order valence-corrected chi connectivity index (χ4v) is 2.97. The number of carbonyl (C=O) groups excluding carboxylic acids is 1. The highest BCUT2D eigenvalue weighted by Crippen LogP contribution is 2.40. The van der Waals surface area contributed by atoms with Gasteiger partial charge in [0.15, 0.2) is 23.1 Å². The van der Waals surface area contributed by atoms with E-state index in [1.54, 1.807) is 51.7 Å². The van der Waals surface area contributed by atoms with Gasteiger partial charge in [0.1, 0.15) is 0 Å². The topological polar surface area (TPSA) is 94.6 Å². The van der Waals surface area contributed by atoms with Gasteiger partial charge in [0, 0.05) is 17.8 Å². The third-order valence-corrected chi connectivity index (χ3v) is 4.46. The van der Waals surface area contributed by atoms with Crippen LogP contribution < -0.4 is 24.8 Å². The number of ether oxygens (including phenoxy) is 3. The lowest BCUT2D eigenvalue weighted by atomic mass is 10.2. The molecule has 0 aliphatic carbocycles. The normalized spacial score (nSPS) is 10.2. The van der Waals surface area contributed by atoms with Crippen LogP contribution in [0.15, 0.2) is 41.8 Å². The van der Waals surface area contributed by atoms with E-state index in [-0.39, 0.29) is 5.91 Å². The van der Waals surface area contributed by atoms with E-state index in [9.17, 15) is 4.79 Å². The molecule has 8 nitrogen and oxygen atoms in total. The maximum atomic E-state index is 12.0. The number of rotatable bonds is 7. The Labute approximate surface area is 160 Å². The summed E-state index contributed by atoms with van der Waals surface area (Å²) >= 11 is 1.36. The summed E-state index contributed by atoms with van der Waals surface area (Å²) in [6.45, 7) is 0. The average molecular weight is 386 g/mol. The Morgan fingerprint density at radius 2 is 1.63 bits per heavy atom. The number of carbonyl (C=O) groups is 1. The number of aromatic nitrogens is 2. The number of hydrogen-bond donors (Lipinski definition) is 2. The first-order chi connectivity index (χ1) is 13.1. The van der Waals surface area contributed by atoms with Gasteiger partial charge >= 0.3 is 0 Å². The second-order valence-corrected chi connectivity index (χ2v) is 6.22.